The van der Waals surface area contributed by atoms with Crippen LogP contribution in [0.3, 0.4) is 0 Å². The van der Waals surface area contributed by atoms with Gasteiger partial charge in [-0.1, -0.05) is 6.07 Å². The number of rotatable bonds is 4. The maximum atomic E-state index is 12.9. The minimum Gasteiger partial charge on any atom is -0.344 e. The highest BCUT2D eigenvalue weighted by Gasteiger charge is 2.07. The Labute approximate surface area is 92.8 Å². The summed E-state index contributed by atoms with van der Waals surface area (Å²) in [5, 5.41) is 0. The van der Waals surface area contributed by atoms with Gasteiger partial charge in [0.1, 0.15) is 0 Å². The summed E-state index contributed by atoms with van der Waals surface area (Å²) in [6.45, 7) is 0.384. The average Bonchev–Trinajstić information content (AvgIpc) is 2.29. The van der Waals surface area contributed by atoms with E-state index in [0.29, 0.717) is 18.5 Å². The van der Waals surface area contributed by atoms with Gasteiger partial charge in [-0.05, 0) is 24.1 Å². The predicted octanol–water partition coefficient (Wildman–Crippen LogP) is 0.924. The molecule has 0 unspecified atom stereocenters. The highest BCUT2D eigenvalue weighted by Crippen LogP contribution is 2.09. The molecule has 0 aliphatic rings. The van der Waals surface area contributed by atoms with Crippen molar-refractivity contribution in [3.63, 3.8) is 0 Å². The molecule has 0 aliphatic heterocycles. The Morgan fingerprint density at radius 2 is 2.06 bits per heavy atom. The van der Waals surface area contributed by atoms with Gasteiger partial charge in [0.05, 0.1) is 6.54 Å². The van der Waals surface area contributed by atoms with Crippen LogP contribution >= 0.6 is 0 Å². The smallest absolute Gasteiger partial charge is 0.236 e. The van der Waals surface area contributed by atoms with Gasteiger partial charge in [0, 0.05) is 13.6 Å². The van der Waals surface area contributed by atoms with Gasteiger partial charge < -0.3 is 10.6 Å². The zero-order valence-corrected chi connectivity index (χ0v) is 9.04. The molecule has 88 valence electrons. The molecule has 0 saturated carbocycles. The van der Waals surface area contributed by atoms with E-state index in [1.54, 1.807) is 7.05 Å². The lowest BCUT2D eigenvalue weighted by atomic mass is 10.1. The third-order valence-electron chi connectivity index (χ3n) is 2.32. The second-order valence-electron chi connectivity index (χ2n) is 3.52. The molecule has 1 amide bonds. The SMILES string of the molecule is CN(CCc1ccc(F)c(F)c1)C(=O)CN. The molecular weight excluding hydrogens is 214 g/mol. The standard InChI is InChI=1S/C11H14F2N2O/c1-15(11(16)7-14)5-4-8-2-3-9(12)10(13)6-8/h2-3,6H,4-5,7,14H2,1H3. The molecule has 0 bridgehead atoms. The Bertz CT molecular complexity index is 382. The molecular formula is C11H14F2N2O. The van der Waals surface area contributed by atoms with Crippen LogP contribution in [0.5, 0.6) is 0 Å². The third-order valence-corrected chi connectivity index (χ3v) is 2.32. The van der Waals surface area contributed by atoms with Crippen LogP contribution in [0.15, 0.2) is 18.2 Å². The number of nitrogens with zero attached hydrogens (tertiary/aromatic N) is 1. The van der Waals surface area contributed by atoms with Crippen LogP contribution in [0.25, 0.3) is 0 Å². The molecule has 0 aromatic heterocycles. The summed E-state index contributed by atoms with van der Waals surface area (Å²) in [7, 11) is 1.62. The van der Waals surface area contributed by atoms with Crippen molar-refractivity contribution < 1.29 is 13.6 Å². The van der Waals surface area contributed by atoms with Crippen LogP contribution in [0.1, 0.15) is 5.56 Å². The molecule has 1 aromatic carbocycles. The summed E-state index contributed by atoms with van der Waals surface area (Å²) in [6, 6.07) is 3.71. The average molecular weight is 228 g/mol. The number of carbonyl (C=O) groups excluding carboxylic acids is 1. The molecule has 0 heterocycles. The summed E-state index contributed by atoms with van der Waals surface area (Å²) in [5.74, 6) is -1.91. The van der Waals surface area contributed by atoms with Crippen LogP contribution in [-0.2, 0) is 11.2 Å². The number of nitrogens with two attached hydrogens (primary N) is 1. The van der Waals surface area contributed by atoms with Gasteiger partial charge in [-0.15, -0.1) is 0 Å². The van der Waals surface area contributed by atoms with Crippen LogP contribution < -0.4 is 5.73 Å². The Morgan fingerprint density at radius 1 is 1.38 bits per heavy atom. The first-order valence-corrected chi connectivity index (χ1v) is 4.92. The first-order chi connectivity index (χ1) is 7.54. The fourth-order valence-corrected chi connectivity index (χ4v) is 1.27. The van der Waals surface area contributed by atoms with Crippen LogP contribution in [-0.4, -0.2) is 30.9 Å². The number of hydrogen-bond acceptors (Lipinski definition) is 2. The van der Waals surface area contributed by atoms with Crippen LogP contribution in [0.4, 0.5) is 8.78 Å². The van der Waals surface area contributed by atoms with Crippen molar-refractivity contribution in [2.24, 2.45) is 5.73 Å². The van der Waals surface area contributed by atoms with Gasteiger partial charge in [0.2, 0.25) is 5.91 Å². The normalized spacial score (nSPS) is 10.2. The van der Waals surface area contributed by atoms with Gasteiger partial charge in [-0.25, -0.2) is 8.78 Å². The fourth-order valence-electron chi connectivity index (χ4n) is 1.27. The number of carbonyl (C=O) groups is 1. The lowest BCUT2D eigenvalue weighted by molar-refractivity contribution is -0.128. The van der Waals surface area contributed by atoms with Crippen molar-refractivity contribution in [2.75, 3.05) is 20.1 Å². The molecule has 0 fully saturated rings. The minimum absolute atomic E-state index is 0.0473. The summed E-state index contributed by atoms with van der Waals surface area (Å²) < 4.78 is 25.5. The van der Waals surface area contributed by atoms with E-state index in [1.807, 2.05) is 0 Å². The van der Waals surface area contributed by atoms with E-state index in [1.165, 1.54) is 11.0 Å². The van der Waals surface area contributed by atoms with Crippen molar-refractivity contribution in [3.05, 3.63) is 35.4 Å². The van der Waals surface area contributed by atoms with E-state index in [0.717, 1.165) is 12.1 Å². The first kappa shape index (κ1) is 12.6. The zero-order valence-electron chi connectivity index (χ0n) is 9.04. The van der Waals surface area contributed by atoms with Crippen molar-refractivity contribution in [2.45, 2.75) is 6.42 Å². The minimum atomic E-state index is -0.870. The van der Waals surface area contributed by atoms with E-state index in [2.05, 4.69) is 0 Å². The number of amides is 1. The Hall–Kier alpha value is -1.49. The highest BCUT2D eigenvalue weighted by molar-refractivity contribution is 5.77. The maximum absolute atomic E-state index is 12.9. The Morgan fingerprint density at radius 3 is 2.62 bits per heavy atom. The molecule has 0 radical (unpaired) electrons. The molecule has 3 nitrogen and oxygen atoms in total. The number of likely N-dealkylation sites (N-methyl/N-ethyl adjacent to an activating group) is 1. The number of hydrogen-bond donors (Lipinski definition) is 1. The molecule has 5 heteroatoms. The largest absolute Gasteiger partial charge is 0.344 e. The topological polar surface area (TPSA) is 46.3 Å². The number of benzene rings is 1. The zero-order chi connectivity index (χ0) is 12.1. The summed E-state index contributed by atoms with van der Waals surface area (Å²) in [5.41, 5.74) is 5.83. The Kier molecular flexibility index (Phi) is 4.37. The maximum Gasteiger partial charge on any atom is 0.236 e. The molecule has 0 spiro atoms. The molecule has 16 heavy (non-hydrogen) atoms. The van der Waals surface area contributed by atoms with Gasteiger partial charge in [0.15, 0.2) is 11.6 Å². The monoisotopic (exact) mass is 228 g/mol. The third kappa shape index (κ3) is 3.27. The fraction of sp³-hybridized carbons (Fsp3) is 0.364. The lowest BCUT2D eigenvalue weighted by Crippen LogP contribution is -2.34. The van der Waals surface area contributed by atoms with Gasteiger partial charge in [0.25, 0.3) is 0 Å². The quantitative estimate of drug-likeness (QED) is 0.833. The van der Waals surface area contributed by atoms with E-state index in [4.69, 9.17) is 5.73 Å². The molecule has 0 saturated heterocycles. The van der Waals surface area contributed by atoms with Gasteiger partial charge in [-0.2, -0.15) is 0 Å². The van der Waals surface area contributed by atoms with E-state index >= 15 is 0 Å². The van der Waals surface area contributed by atoms with E-state index in [9.17, 15) is 13.6 Å². The summed E-state index contributed by atoms with van der Waals surface area (Å²) >= 11 is 0. The summed E-state index contributed by atoms with van der Waals surface area (Å²) in [4.78, 5) is 12.6. The lowest BCUT2D eigenvalue weighted by Gasteiger charge is -2.15. The molecule has 1 rings (SSSR count). The second-order valence-corrected chi connectivity index (χ2v) is 3.52. The van der Waals surface area contributed by atoms with Gasteiger partial charge in [-0.3, -0.25) is 4.79 Å². The van der Waals surface area contributed by atoms with Crippen LogP contribution in [0, 0.1) is 11.6 Å². The van der Waals surface area contributed by atoms with E-state index in [-0.39, 0.29) is 12.5 Å². The molecule has 1 aromatic rings. The summed E-state index contributed by atoms with van der Waals surface area (Å²) in [6.07, 6.45) is 0.472. The first-order valence-electron chi connectivity index (χ1n) is 4.92. The van der Waals surface area contributed by atoms with E-state index < -0.39 is 11.6 Å². The van der Waals surface area contributed by atoms with Crippen molar-refractivity contribution in [1.29, 1.82) is 0 Å². The van der Waals surface area contributed by atoms with Crippen molar-refractivity contribution >= 4 is 5.91 Å². The molecule has 0 atom stereocenters. The van der Waals surface area contributed by atoms with Gasteiger partial charge >= 0.3 is 0 Å². The molecule has 2 N–H and O–H groups in total. The Balaban J connectivity index is 2.55. The van der Waals surface area contributed by atoms with Crippen molar-refractivity contribution in [3.8, 4) is 0 Å². The number of halogens is 2. The van der Waals surface area contributed by atoms with Crippen LogP contribution in [0.2, 0.25) is 0 Å². The predicted molar refractivity (Wildman–Crippen MR) is 56.8 cm³/mol. The highest BCUT2D eigenvalue weighted by atomic mass is 19.2. The second kappa shape index (κ2) is 5.55. The van der Waals surface area contributed by atoms with Crippen molar-refractivity contribution in [1.82, 2.24) is 4.90 Å². The molecule has 0 aliphatic carbocycles.